The molecule has 1 unspecified atom stereocenters. The van der Waals surface area contributed by atoms with Crippen molar-refractivity contribution in [3.05, 3.63) is 48.3 Å². The SMILES string of the molecule is O=C(CCCC(=O)NC(CS(=O)(=O)O)C(=O)NCCCCC(=O)ON1C(=O)CCC1=O)Cc1cc2cccnc2c2ncccc12. The molecule has 2 aromatic heterocycles. The molecular weight excluding hydrogens is 622 g/mol. The average molecular weight is 656 g/mol. The Kier molecular flexibility index (Phi) is 11.4. The first-order valence-corrected chi connectivity index (χ1v) is 16.2. The number of aromatic nitrogens is 2. The molecule has 0 bridgehead atoms. The van der Waals surface area contributed by atoms with Crippen LogP contribution in [0.15, 0.2) is 42.7 Å². The Morgan fingerprint density at radius 3 is 2.35 bits per heavy atom. The summed E-state index contributed by atoms with van der Waals surface area (Å²) in [6.07, 6.45) is 3.70. The molecule has 4 rings (SSSR count). The van der Waals surface area contributed by atoms with Gasteiger partial charge in [-0.1, -0.05) is 12.1 Å². The maximum Gasteiger partial charge on any atom is 0.333 e. The molecule has 3 N–H and O–H groups in total. The van der Waals surface area contributed by atoms with Crippen molar-refractivity contribution >= 4 is 67.3 Å². The second-order valence-electron chi connectivity index (χ2n) is 10.7. The van der Waals surface area contributed by atoms with Crippen molar-refractivity contribution in [3.8, 4) is 0 Å². The van der Waals surface area contributed by atoms with Crippen LogP contribution in [-0.4, -0.2) is 81.7 Å². The second kappa shape index (κ2) is 15.4. The summed E-state index contributed by atoms with van der Waals surface area (Å²) in [5.74, 6) is -4.75. The number of carbonyl (C=O) groups is 6. The van der Waals surface area contributed by atoms with Gasteiger partial charge in [-0.3, -0.25) is 38.5 Å². The molecule has 3 aromatic rings. The number of rotatable bonds is 16. The van der Waals surface area contributed by atoms with Crippen molar-refractivity contribution in [3.63, 3.8) is 0 Å². The van der Waals surface area contributed by atoms with E-state index in [4.69, 9.17) is 4.84 Å². The summed E-state index contributed by atoms with van der Waals surface area (Å²) in [5.41, 5.74) is 2.18. The van der Waals surface area contributed by atoms with E-state index in [1.165, 1.54) is 0 Å². The van der Waals surface area contributed by atoms with Crippen molar-refractivity contribution in [2.24, 2.45) is 0 Å². The zero-order valence-electron chi connectivity index (χ0n) is 24.8. The maximum atomic E-state index is 12.8. The number of Topliss-reactive ketones (excluding diaryl/α,β-unsaturated/α-hetero) is 1. The number of amides is 4. The first-order valence-electron chi connectivity index (χ1n) is 14.6. The number of benzene rings is 1. The smallest absolute Gasteiger partial charge is 0.333 e. The van der Waals surface area contributed by atoms with Crippen LogP contribution in [-0.2, 0) is 50.1 Å². The van der Waals surface area contributed by atoms with Gasteiger partial charge < -0.3 is 15.5 Å². The number of ketones is 1. The number of fused-ring (bicyclic) bond motifs is 3. The molecule has 0 aliphatic carbocycles. The minimum Gasteiger partial charge on any atom is -0.354 e. The average Bonchev–Trinajstić information content (AvgIpc) is 3.32. The van der Waals surface area contributed by atoms with Crippen molar-refractivity contribution in [1.29, 1.82) is 0 Å². The van der Waals surface area contributed by atoms with E-state index in [1.54, 1.807) is 24.5 Å². The Hall–Kier alpha value is -4.83. The van der Waals surface area contributed by atoms with Crippen molar-refractivity contribution in [1.82, 2.24) is 25.7 Å². The summed E-state index contributed by atoms with van der Waals surface area (Å²) in [4.78, 5) is 86.4. The normalized spacial score (nSPS) is 14.0. The van der Waals surface area contributed by atoms with E-state index in [0.29, 0.717) is 10.6 Å². The fraction of sp³-hybridized carbons (Fsp3) is 0.400. The summed E-state index contributed by atoms with van der Waals surface area (Å²) in [6.45, 7) is -0.00489. The maximum absolute atomic E-state index is 12.8. The molecule has 244 valence electrons. The Morgan fingerprint density at radius 2 is 1.63 bits per heavy atom. The van der Waals surface area contributed by atoms with Gasteiger partial charge in [0.25, 0.3) is 21.9 Å². The molecule has 1 fully saturated rings. The van der Waals surface area contributed by atoms with Crippen LogP contribution in [0.25, 0.3) is 21.8 Å². The molecule has 0 saturated carbocycles. The van der Waals surface area contributed by atoms with Gasteiger partial charge in [0.05, 0.1) is 11.0 Å². The molecule has 46 heavy (non-hydrogen) atoms. The molecule has 1 atom stereocenters. The lowest BCUT2D eigenvalue weighted by molar-refractivity contribution is -0.197. The topological polar surface area (TPSA) is 219 Å². The molecule has 1 saturated heterocycles. The monoisotopic (exact) mass is 655 g/mol. The van der Waals surface area contributed by atoms with Crippen molar-refractivity contribution in [2.45, 2.75) is 63.8 Å². The molecule has 15 nitrogen and oxygen atoms in total. The van der Waals surface area contributed by atoms with E-state index >= 15 is 0 Å². The van der Waals surface area contributed by atoms with E-state index in [1.807, 2.05) is 18.2 Å². The van der Waals surface area contributed by atoms with Gasteiger partial charge in [-0.15, -0.1) is 5.06 Å². The molecule has 4 amide bonds. The van der Waals surface area contributed by atoms with E-state index in [2.05, 4.69) is 20.6 Å². The van der Waals surface area contributed by atoms with Crippen LogP contribution in [0.1, 0.15) is 56.9 Å². The quantitative estimate of drug-likeness (QED) is 0.0861. The molecule has 1 aliphatic rings. The number of pyridine rings is 2. The predicted molar refractivity (Wildman–Crippen MR) is 162 cm³/mol. The lowest BCUT2D eigenvalue weighted by atomic mass is 9.98. The van der Waals surface area contributed by atoms with E-state index in [9.17, 15) is 41.7 Å². The molecule has 0 radical (unpaired) electrons. The number of hydroxylamine groups is 2. The lowest BCUT2D eigenvalue weighted by Crippen LogP contribution is -2.50. The Morgan fingerprint density at radius 1 is 0.935 bits per heavy atom. The third kappa shape index (κ3) is 9.58. The van der Waals surface area contributed by atoms with Gasteiger partial charge in [-0.05, 0) is 43.0 Å². The second-order valence-corrected chi connectivity index (χ2v) is 12.2. The minimum absolute atomic E-state index is 0.00489. The minimum atomic E-state index is -4.64. The van der Waals surface area contributed by atoms with E-state index in [0.717, 1.165) is 21.9 Å². The Balaban J connectivity index is 1.21. The molecule has 3 heterocycles. The molecule has 1 aliphatic heterocycles. The van der Waals surface area contributed by atoms with Gasteiger partial charge in [-0.25, -0.2) is 4.79 Å². The highest BCUT2D eigenvalue weighted by molar-refractivity contribution is 7.85. The van der Waals surface area contributed by atoms with Crippen LogP contribution in [0.2, 0.25) is 0 Å². The van der Waals surface area contributed by atoms with Gasteiger partial charge in [0.1, 0.15) is 17.6 Å². The van der Waals surface area contributed by atoms with Gasteiger partial charge in [0.2, 0.25) is 11.8 Å². The number of hydrogen-bond donors (Lipinski definition) is 3. The summed E-state index contributed by atoms with van der Waals surface area (Å²) in [5, 5.41) is 6.80. The third-order valence-corrected chi connectivity index (χ3v) is 7.88. The highest BCUT2D eigenvalue weighted by Gasteiger charge is 2.32. The number of nitrogens with one attached hydrogen (secondary N) is 2. The van der Waals surface area contributed by atoms with Crippen LogP contribution in [0.4, 0.5) is 0 Å². The fourth-order valence-electron chi connectivity index (χ4n) is 4.94. The van der Waals surface area contributed by atoms with Crippen molar-refractivity contribution < 1.29 is 46.6 Å². The highest BCUT2D eigenvalue weighted by Crippen LogP contribution is 2.26. The van der Waals surface area contributed by atoms with Gasteiger partial charge in [0.15, 0.2) is 0 Å². The van der Waals surface area contributed by atoms with Crippen LogP contribution in [0.3, 0.4) is 0 Å². The molecule has 16 heteroatoms. The van der Waals surface area contributed by atoms with Crippen LogP contribution in [0, 0.1) is 0 Å². The number of imide groups is 1. The van der Waals surface area contributed by atoms with Crippen LogP contribution in [0.5, 0.6) is 0 Å². The van der Waals surface area contributed by atoms with Crippen LogP contribution < -0.4 is 10.6 Å². The first-order chi connectivity index (χ1) is 21.9. The predicted octanol–water partition coefficient (Wildman–Crippen LogP) is 1.33. The summed E-state index contributed by atoms with van der Waals surface area (Å²) in [6, 6.07) is 7.61. The van der Waals surface area contributed by atoms with E-state index in [-0.39, 0.29) is 70.1 Å². The first kappa shape index (κ1) is 34.1. The number of hydrogen-bond acceptors (Lipinski definition) is 11. The summed E-state index contributed by atoms with van der Waals surface area (Å²) in [7, 11) is -4.64. The molecule has 1 aromatic carbocycles. The molecule has 0 spiro atoms. The zero-order valence-corrected chi connectivity index (χ0v) is 25.6. The van der Waals surface area contributed by atoms with Gasteiger partial charge in [-0.2, -0.15) is 8.42 Å². The summed E-state index contributed by atoms with van der Waals surface area (Å²) >= 11 is 0. The van der Waals surface area contributed by atoms with Gasteiger partial charge in [0, 0.05) is 68.2 Å². The van der Waals surface area contributed by atoms with Crippen molar-refractivity contribution in [2.75, 3.05) is 12.3 Å². The standard InChI is InChI=1S/C30H33N5O10S/c36-21(17-20-16-19-6-4-14-31-28(19)29-22(20)8-5-15-32-29)7-3-9-24(37)34-23(18-46(42,43)44)30(41)33-13-2-1-10-27(40)45-35-25(38)11-12-26(35)39/h4-6,8,14-16,23H,1-3,7,9-13,17-18H2,(H,33,41)(H,34,37)(H,42,43,44). The lowest BCUT2D eigenvalue weighted by Gasteiger charge is -2.17. The number of nitrogens with zero attached hydrogens (tertiary/aromatic N) is 3. The zero-order chi connectivity index (χ0) is 33.3. The van der Waals surface area contributed by atoms with Gasteiger partial charge >= 0.3 is 5.97 Å². The largest absolute Gasteiger partial charge is 0.354 e. The molecular formula is C30H33N5O10S. The summed E-state index contributed by atoms with van der Waals surface area (Å²) < 4.78 is 32.3. The Bertz CT molecular complexity index is 1760. The third-order valence-electron chi connectivity index (χ3n) is 7.13. The number of unbranched alkanes of at least 4 members (excludes halogenated alkanes) is 1. The van der Waals surface area contributed by atoms with Crippen LogP contribution >= 0.6 is 0 Å². The highest BCUT2D eigenvalue weighted by atomic mass is 32.2. The Labute approximate surface area is 263 Å². The fourth-order valence-corrected chi connectivity index (χ4v) is 5.59. The van der Waals surface area contributed by atoms with E-state index < -0.39 is 51.5 Å². The number of carbonyl (C=O) groups excluding carboxylic acids is 6.